The van der Waals surface area contributed by atoms with E-state index in [0.29, 0.717) is 11.6 Å². The Balaban J connectivity index is 1.36. The third-order valence-corrected chi connectivity index (χ3v) is 7.36. The molecule has 0 N–H and O–H groups in total. The van der Waals surface area contributed by atoms with Crippen LogP contribution in [0.15, 0.2) is 51.4 Å². The largest absolute Gasteiger partial charge is 0.440 e. The van der Waals surface area contributed by atoms with Gasteiger partial charge in [-0.1, -0.05) is 17.8 Å². The van der Waals surface area contributed by atoms with Crippen molar-refractivity contribution in [3.63, 3.8) is 0 Å². The molecule has 0 unspecified atom stereocenters. The van der Waals surface area contributed by atoms with E-state index >= 15 is 0 Å². The number of aryl methyl sites for hydroxylation is 1. The number of thioether (sulfide) groups is 1. The van der Waals surface area contributed by atoms with Crippen molar-refractivity contribution in [2.45, 2.75) is 24.4 Å². The first kappa shape index (κ1) is 22.3. The predicted octanol–water partition coefficient (Wildman–Crippen LogP) is 4.73. The van der Waals surface area contributed by atoms with Crippen LogP contribution < -0.4 is 0 Å². The van der Waals surface area contributed by atoms with Crippen LogP contribution in [0.5, 0.6) is 0 Å². The summed E-state index contributed by atoms with van der Waals surface area (Å²) in [5.41, 5.74) is 1.74. The van der Waals surface area contributed by atoms with E-state index in [0.717, 1.165) is 72.3 Å². The van der Waals surface area contributed by atoms with Gasteiger partial charge in [0.2, 0.25) is 5.89 Å². The number of hydrogen-bond acceptors (Lipinski definition) is 8. The first-order valence-corrected chi connectivity index (χ1v) is 12.7. The van der Waals surface area contributed by atoms with Gasteiger partial charge in [0, 0.05) is 37.5 Å². The van der Waals surface area contributed by atoms with Crippen molar-refractivity contribution in [1.82, 2.24) is 24.6 Å². The first-order chi connectivity index (χ1) is 16.2. The van der Waals surface area contributed by atoms with Gasteiger partial charge in [-0.15, -0.1) is 21.5 Å². The van der Waals surface area contributed by atoms with E-state index < -0.39 is 0 Å². The van der Waals surface area contributed by atoms with E-state index in [1.165, 1.54) is 12.1 Å². The van der Waals surface area contributed by atoms with Crippen LogP contribution in [0.25, 0.3) is 22.2 Å². The summed E-state index contributed by atoms with van der Waals surface area (Å²) in [5.74, 6) is 2.56. The van der Waals surface area contributed by atoms with Crippen LogP contribution >= 0.6 is 23.1 Å². The zero-order valence-corrected chi connectivity index (χ0v) is 19.9. The number of thiophene rings is 1. The van der Waals surface area contributed by atoms with Crippen molar-refractivity contribution in [2.75, 3.05) is 32.8 Å². The molecule has 4 heterocycles. The normalized spacial score (nSPS) is 14.7. The molecular formula is C23H24FN5O2S2. The van der Waals surface area contributed by atoms with Gasteiger partial charge in [0.15, 0.2) is 11.0 Å². The summed E-state index contributed by atoms with van der Waals surface area (Å²) in [5, 5.41) is 11.7. The summed E-state index contributed by atoms with van der Waals surface area (Å²) in [7, 11) is 0. The molecule has 0 bridgehead atoms. The summed E-state index contributed by atoms with van der Waals surface area (Å²) < 4.78 is 26.9. The van der Waals surface area contributed by atoms with E-state index in [2.05, 4.69) is 19.7 Å². The number of ether oxygens (including phenoxy) is 1. The molecule has 10 heteroatoms. The number of halogens is 1. The lowest BCUT2D eigenvalue weighted by Gasteiger charge is -2.27. The molecule has 1 aliphatic heterocycles. The van der Waals surface area contributed by atoms with Crippen molar-refractivity contribution in [3.8, 4) is 22.2 Å². The second-order valence-corrected chi connectivity index (χ2v) is 9.60. The van der Waals surface area contributed by atoms with Crippen LogP contribution in [0.1, 0.15) is 11.5 Å². The number of rotatable bonds is 8. The third-order valence-electron chi connectivity index (χ3n) is 5.53. The van der Waals surface area contributed by atoms with Gasteiger partial charge >= 0.3 is 0 Å². The molecule has 33 heavy (non-hydrogen) atoms. The first-order valence-electron chi connectivity index (χ1n) is 10.8. The quantitative estimate of drug-likeness (QED) is 0.334. The predicted molar refractivity (Wildman–Crippen MR) is 127 cm³/mol. The topological polar surface area (TPSA) is 69.2 Å². The highest BCUT2D eigenvalue weighted by molar-refractivity contribution is 7.98. The van der Waals surface area contributed by atoms with E-state index in [1.807, 2.05) is 24.4 Å². The Morgan fingerprint density at radius 1 is 1.09 bits per heavy atom. The maximum absolute atomic E-state index is 13.5. The van der Waals surface area contributed by atoms with E-state index in [1.54, 1.807) is 35.2 Å². The molecule has 0 aliphatic carbocycles. The van der Waals surface area contributed by atoms with Gasteiger partial charge in [-0.2, -0.15) is 0 Å². The van der Waals surface area contributed by atoms with Gasteiger partial charge in [0.1, 0.15) is 11.6 Å². The summed E-state index contributed by atoms with van der Waals surface area (Å²) in [6.07, 6.45) is 0. The van der Waals surface area contributed by atoms with Crippen molar-refractivity contribution in [1.29, 1.82) is 0 Å². The van der Waals surface area contributed by atoms with Crippen LogP contribution in [-0.4, -0.2) is 57.5 Å². The fraction of sp³-hybridized carbons (Fsp3) is 0.348. The fourth-order valence-electron chi connectivity index (χ4n) is 3.68. The smallest absolute Gasteiger partial charge is 0.236 e. The number of hydrogen-bond donors (Lipinski definition) is 0. The lowest BCUT2D eigenvalue weighted by atomic mass is 10.2. The second kappa shape index (κ2) is 10.2. The molecule has 0 saturated carbocycles. The standard InChI is InChI=1S/C23H24FN5O2S2/c1-16-19(25-22(31-16)20-3-2-14-32-20)15-33-23-27-26-21(17-4-6-18(24)7-5-17)29(23)9-8-28-10-12-30-13-11-28/h2-7,14H,8-13,15H2,1H3. The Kier molecular flexibility index (Phi) is 6.86. The molecule has 0 spiro atoms. The summed E-state index contributed by atoms with van der Waals surface area (Å²) >= 11 is 3.19. The minimum atomic E-state index is -0.268. The van der Waals surface area contributed by atoms with Crippen LogP contribution in [0.4, 0.5) is 4.39 Å². The number of nitrogens with zero attached hydrogens (tertiary/aromatic N) is 5. The Labute approximate surface area is 199 Å². The Morgan fingerprint density at radius 2 is 1.91 bits per heavy atom. The molecule has 1 saturated heterocycles. The zero-order chi connectivity index (χ0) is 22.6. The molecule has 0 radical (unpaired) electrons. The highest BCUT2D eigenvalue weighted by atomic mass is 32.2. The van der Waals surface area contributed by atoms with E-state index in [-0.39, 0.29) is 5.82 Å². The number of aromatic nitrogens is 4. The molecule has 1 aromatic carbocycles. The Morgan fingerprint density at radius 3 is 2.67 bits per heavy atom. The fourth-order valence-corrected chi connectivity index (χ4v) is 5.29. The third kappa shape index (κ3) is 5.19. The molecule has 5 rings (SSSR count). The van der Waals surface area contributed by atoms with E-state index in [9.17, 15) is 4.39 Å². The van der Waals surface area contributed by atoms with Gasteiger partial charge in [0.25, 0.3) is 0 Å². The molecule has 1 fully saturated rings. The Bertz CT molecular complexity index is 1180. The van der Waals surface area contributed by atoms with Gasteiger partial charge in [-0.25, -0.2) is 9.37 Å². The highest BCUT2D eigenvalue weighted by Crippen LogP contribution is 2.30. The summed E-state index contributed by atoms with van der Waals surface area (Å²) in [6.45, 7) is 6.89. The minimum absolute atomic E-state index is 0.268. The molecule has 0 atom stereocenters. The van der Waals surface area contributed by atoms with Crippen molar-refractivity contribution < 1.29 is 13.5 Å². The summed E-state index contributed by atoms with van der Waals surface area (Å²) in [4.78, 5) is 8.08. The number of morpholine rings is 1. The van der Waals surface area contributed by atoms with Gasteiger partial charge in [0.05, 0.1) is 23.8 Å². The lowest BCUT2D eigenvalue weighted by Crippen LogP contribution is -2.38. The maximum atomic E-state index is 13.5. The average molecular weight is 486 g/mol. The average Bonchev–Trinajstić information content (AvgIpc) is 3.58. The highest BCUT2D eigenvalue weighted by Gasteiger charge is 2.19. The van der Waals surface area contributed by atoms with Gasteiger partial charge in [-0.3, -0.25) is 4.90 Å². The van der Waals surface area contributed by atoms with Crippen molar-refractivity contribution in [2.24, 2.45) is 0 Å². The summed E-state index contributed by atoms with van der Waals surface area (Å²) in [6, 6.07) is 10.4. The zero-order valence-electron chi connectivity index (χ0n) is 18.2. The molecular weight excluding hydrogens is 461 g/mol. The van der Waals surface area contributed by atoms with Crippen molar-refractivity contribution >= 4 is 23.1 Å². The van der Waals surface area contributed by atoms with Crippen molar-refractivity contribution in [3.05, 3.63) is 59.0 Å². The van der Waals surface area contributed by atoms with Gasteiger partial charge < -0.3 is 13.7 Å². The molecule has 1 aliphatic rings. The molecule has 4 aromatic rings. The van der Waals surface area contributed by atoms with Gasteiger partial charge in [-0.05, 0) is 42.6 Å². The molecule has 3 aromatic heterocycles. The second-order valence-electron chi connectivity index (χ2n) is 7.71. The van der Waals surface area contributed by atoms with Crippen LogP contribution in [0.2, 0.25) is 0 Å². The minimum Gasteiger partial charge on any atom is -0.440 e. The van der Waals surface area contributed by atoms with Crippen LogP contribution in [0, 0.1) is 12.7 Å². The maximum Gasteiger partial charge on any atom is 0.236 e. The number of benzene rings is 1. The van der Waals surface area contributed by atoms with Crippen LogP contribution in [0.3, 0.4) is 0 Å². The lowest BCUT2D eigenvalue weighted by molar-refractivity contribution is 0.0361. The SMILES string of the molecule is Cc1oc(-c2cccs2)nc1CSc1nnc(-c2ccc(F)cc2)n1CCN1CCOCC1. The Hall–Kier alpha value is -2.53. The monoisotopic (exact) mass is 485 g/mol. The number of oxazole rings is 1. The van der Waals surface area contributed by atoms with Crippen LogP contribution in [-0.2, 0) is 17.0 Å². The van der Waals surface area contributed by atoms with E-state index in [4.69, 9.17) is 14.1 Å². The molecule has 172 valence electrons. The molecule has 0 amide bonds. The molecule has 7 nitrogen and oxygen atoms in total.